The molecule has 5 atom stereocenters. The number of allylic oxidation sites excluding steroid dienone is 1. The second-order valence-electron chi connectivity index (χ2n) is 11.9. The smallest absolute Gasteiger partial charge is 0.246 e. The Hall–Kier alpha value is -2.64. The van der Waals surface area contributed by atoms with Crippen LogP contribution < -0.4 is 10.6 Å². The van der Waals surface area contributed by atoms with Crippen molar-refractivity contribution in [3.8, 4) is 0 Å². The highest BCUT2D eigenvalue weighted by atomic mass is 35.5. The molecule has 1 spiro atoms. The van der Waals surface area contributed by atoms with Gasteiger partial charge in [0.05, 0.1) is 17.9 Å². The summed E-state index contributed by atoms with van der Waals surface area (Å²) < 4.78 is 6.48. The number of halogens is 1. The lowest BCUT2D eigenvalue weighted by Crippen LogP contribution is -2.56. The summed E-state index contributed by atoms with van der Waals surface area (Å²) in [6, 6.07) is 4.71. The maximum absolute atomic E-state index is 14.1. The van der Waals surface area contributed by atoms with Gasteiger partial charge in [0, 0.05) is 23.3 Å². The van der Waals surface area contributed by atoms with Crippen LogP contribution in [0.15, 0.2) is 42.0 Å². The van der Waals surface area contributed by atoms with Crippen LogP contribution in [0.25, 0.3) is 0 Å². The van der Waals surface area contributed by atoms with E-state index in [1.807, 2.05) is 25.1 Å². The van der Waals surface area contributed by atoms with E-state index in [1.54, 1.807) is 17.0 Å². The number of aryl methyl sites for hydroxylation is 1. The number of nitrogens with one attached hydrogen (secondary N) is 2. The van der Waals surface area contributed by atoms with E-state index in [9.17, 15) is 14.4 Å². The van der Waals surface area contributed by atoms with Gasteiger partial charge in [0.2, 0.25) is 17.7 Å². The standard InChI is InChI=1S/C31H38ClN3O4/c1-19-12-13-22(18-23(19)32)34-28(36)25-24-14-16-31(39-24)26(25)30(38)35(17-15-20-8-4-2-5-9-20)27(31)29(37)33-21-10-6-3-7-11-21/h8,12-14,16,18,21,24-27H,2-7,9-11,15,17H2,1H3,(H,33,37)(H,34,36)/t24-,25+,26-,27-,31-/m0/s1. The third kappa shape index (κ3) is 4.82. The molecule has 1 aromatic rings. The van der Waals surface area contributed by atoms with Gasteiger partial charge in [0.1, 0.15) is 11.6 Å². The van der Waals surface area contributed by atoms with E-state index in [-0.39, 0.29) is 23.8 Å². The monoisotopic (exact) mass is 551 g/mol. The van der Waals surface area contributed by atoms with Gasteiger partial charge in [-0.15, -0.1) is 0 Å². The quantitative estimate of drug-likeness (QED) is 0.463. The van der Waals surface area contributed by atoms with Crippen LogP contribution in [0.1, 0.15) is 69.8 Å². The van der Waals surface area contributed by atoms with E-state index in [0.29, 0.717) is 17.3 Å². The molecule has 2 bridgehead atoms. The molecule has 208 valence electrons. The molecule has 6 rings (SSSR count). The minimum Gasteiger partial charge on any atom is -0.359 e. The topological polar surface area (TPSA) is 87.7 Å². The summed E-state index contributed by atoms with van der Waals surface area (Å²) in [5.41, 5.74) is 1.71. The van der Waals surface area contributed by atoms with Crippen LogP contribution in [0.5, 0.6) is 0 Å². The summed E-state index contributed by atoms with van der Waals surface area (Å²) in [6.07, 6.45) is 16.0. The van der Waals surface area contributed by atoms with E-state index in [2.05, 4.69) is 16.7 Å². The van der Waals surface area contributed by atoms with Gasteiger partial charge in [0.15, 0.2) is 0 Å². The number of carbonyl (C=O) groups is 3. The summed E-state index contributed by atoms with van der Waals surface area (Å²) >= 11 is 6.29. The fraction of sp³-hybridized carbons (Fsp3) is 0.581. The maximum Gasteiger partial charge on any atom is 0.246 e. The average Bonchev–Trinajstić information content (AvgIpc) is 3.58. The van der Waals surface area contributed by atoms with Gasteiger partial charge < -0.3 is 20.3 Å². The molecular formula is C31H38ClN3O4. The van der Waals surface area contributed by atoms with Crippen molar-refractivity contribution in [3.63, 3.8) is 0 Å². The first-order chi connectivity index (χ1) is 18.9. The van der Waals surface area contributed by atoms with Gasteiger partial charge in [-0.1, -0.05) is 60.7 Å². The summed E-state index contributed by atoms with van der Waals surface area (Å²) in [5.74, 6) is -2.06. The predicted molar refractivity (Wildman–Crippen MR) is 150 cm³/mol. The second-order valence-corrected chi connectivity index (χ2v) is 12.3. The lowest BCUT2D eigenvalue weighted by molar-refractivity contribution is -0.141. The molecule has 0 radical (unpaired) electrons. The first kappa shape index (κ1) is 26.6. The summed E-state index contributed by atoms with van der Waals surface area (Å²) in [6.45, 7) is 2.36. The van der Waals surface area contributed by atoms with Crippen molar-refractivity contribution in [3.05, 3.63) is 52.6 Å². The van der Waals surface area contributed by atoms with Crippen molar-refractivity contribution >= 4 is 35.0 Å². The number of amides is 3. The fourth-order valence-electron chi connectivity index (χ4n) is 7.33. The summed E-state index contributed by atoms with van der Waals surface area (Å²) in [4.78, 5) is 43.4. The van der Waals surface area contributed by atoms with Crippen molar-refractivity contribution in [2.45, 2.75) is 94.9 Å². The van der Waals surface area contributed by atoms with Crippen molar-refractivity contribution in [1.29, 1.82) is 0 Å². The number of hydrogen-bond acceptors (Lipinski definition) is 4. The van der Waals surface area contributed by atoms with Gasteiger partial charge in [-0.25, -0.2) is 0 Å². The molecule has 2 saturated heterocycles. The zero-order valence-electron chi connectivity index (χ0n) is 22.6. The third-order valence-corrected chi connectivity index (χ3v) is 9.78. The van der Waals surface area contributed by atoms with Gasteiger partial charge in [-0.3, -0.25) is 14.4 Å². The Balaban J connectivity index is 1.28. The number of rotatable bonds is 7. The molecule has 2 aliphatic carbocycles. The van der Waals surface area contributed by atoms with Crippen LogP contribution in [0.2, 0.25) is 5.02 Å². The largest absolute Gasteiger partial charge is 0.359 e. The molecule has 1 aromatic carbocycles. The van der Waals surface area contributed by atoms with Gasteiger partial charge >= 0.3 is 0 Å². The number of likely N-dealkylation sites (tertiary alicyclic amines) is 1. The number of anilines is 1. The number of benzene rings is 1. The Morgan fingerprint density at radius 3 is 2.69 bits per heavy atom. The average molecular weight is 552 g/mol. The van der Waals surface area contributed by atoms with Gasteiger partial charge in [-0.05, 0) is 69.6 Å². The van der Waals surface area contributed by atoms with Crippen LogP contribution >= 0.6 is 11.6 Å². The lowest BCUT2D eigenvalue weighted by Gasteiger charge is -2.34. The van der Waals surface area contributed by atoms with Crippen molar-refractivity contribution in [2.75, 3.05) is 11.9 Å². The van der Waals surface area contributed by atoms with Crippen molar-refractivity contribution < 1.29 is 19.1 Å². The molecule has 39 heavy (non-hydrogen) atoms. The molecule has 3 fully saturated rings. The number of ether oxygens (including phenoxy) is 1. The van der Waals surface area contributed by atoms with E-state index in [1.165, 1.54) is 18.4 Å². The summed E-state index contributed by atoms with van der Waals surface area (Å²) in [5, 5.41) is 6.78. The molecule has 3 heterocycles. The van der Waals surface area contributed by atoms with Crippen molar-refractivity contribution in [1.82, 2.24) is 10.2 Å². The molecule has 3 aliphatic heterocycles. The van der Waals surface area contributed by atoms with Crippen LogP contribution in [0.3, 0.4) is 0 Å². The Kier molecular flexibility index (Phi) is 7.32. The number of nitrogens with zero attached hydrogens (tertiary/aromatic N) is 1. The molecular weight excluding hydrogens is 514 g/mol. The zero-order valence-corrected chi connectivity index (χ0v) is 23.3. The zero-order chi connectivity index (χ0) is 27.1. The van der Waals surface area contributed by atoms with E-state index in [4.69, 9.17) is 16.3 Å². The van der Waals surface area contributed by atoms with Crippen molar-refractivity contribution in [2.24, 2.45) is 11.8 Å². The second kappa shape index (κ2) is 10.7. The van der Waals surface area contributed by atoms with E-state index >= 15 is 0 Å². The van der Waals surface area contributed by atoms with Crippen LogP contribution in [-0.4, -0.2) is 53.0 Å². The van der Waals surface area contributed by atoms with E-state index < -0.39 is 29.6 Å². The molecule has 1 saturated carbocycles. The van der Waals surface area contributed by atoms with Crippen LogP contribution in [0, 0.1) is 18.8 Å². The molecule has 2 N–H and O–H groups in total. The fourth-order valence-corrected chi connectivity index (χ4v) is 7.51. The highest BCUT2D eigenvalue weighted by Gasteiger charge is 2.72. The minimum atomic E-state index is -1.13. The predicted octanol–water partition coefficient (Wildman–Crippen LogP) is 5.08. The number of carbonyl (C=O) groups excluding carboxylic acids is 3. The minimum absolute atomic E-state index is 0.118. The Bertz CT molecular complexity index is 1220. The van der Waals surface area contributed by atoms with Gasteiger partial charge in [0.25, 0.3) is 0 Å². The molecule has 8 heteroatoms. The number of fused-ring (bicyclic) bond motifs is 1. The highest BCUT2D eigenvalue weighted by Crippen LogP contribution is 2.55. The molecule has 5 aliphatic rings. The van der Waals surface area contributed by atoms with E-state index in [0.717, 1.165) is 56.9 Å². The SMILES string of the molecule is Cc1ccc(NC(=O)[C@@H]2[C@@H]3C=C[C@]4(O3)[C@@H]2C(=O)N(CCC2=CCCCC2)[C@H]4C(=O)NC2CCCCC2)cc1Cl. The molecule has 0 unspecified atom stereocenters. The van der Waals surface area contributed by atoms with Crippen LogP contribution in [-0.2, 0) is 19.1 Å². The Morgan fingerprint density at radius 2 is 1.95 bits per heavy atom. The first-order valence-electron chi connectivity index (χ1n) is 14.6. The first-order valence-corrected chi connectivity index (χ1v) is 15.0. The number of hydrogen-bond donors (Lipinski definition) is 2. The Morgan fingerprint density at radius 1 is 1.13 bits per heavy atom. The maximum atomic E-state index is 14.1. The molecule has 7 nitrogen and oxygen atoms in total. The summed E-state index contributed by atoms with van der Waals surface area (Å²) in [7, 11) is 0. The normalized spacial score (nSPS) is 31.8. The Labute approximate surface area is 235 Å². The lowest BCUT2D eigenvalue weighted by atomic mass is 9.74. The van der Waals surface area contributed by atoms with Gasteiger partial charge in [-0.2, -0.15) is 0 Å². The highest BCUT2D eigenvalue weighted by molar-refractivity contribution is 6.31. The molecule has 3 amide bonds. The molecule has 0 aromatic heterocycles. The van der Waals surface area contributed by atoms with Crippen LogP contribution in [0.4, 0.5) is 5.69 Å². The third-order valence-electron chi connectivity index (χ3n) is 9.37.